The molecule has 0 radical (unpaired) electrons. The first-order valence-electron chi connectivity index (χ1n) is 5.61. The summed E-state index contributed by atoms with van der Waals surface area (Å²) < 4.78 is 0. The summed E-state index contributed by atoms with van der Waals surface area (Å²) in [5.74, 6) is -0.154. The second kappa shape index (κ2) is 4.97. The number of nitrogens with one attached hydrogen (secondary N) is 1. The van der Waals surface area contributed by atoms with Crippen molar-refractivity contribution < 1.29 is 9.90 Å². The van der Waals surface area contributed by atoms with Gasteiger partial charge in [-0.1, -0.05) is 18.2 Å². The van der Waals surface area contributed by atoms with Crippen molar-refractivity contribution in [3.63, 3.8) is 0 Å². The van der Waals surface area contributed by atoms with Crippen LogP contribution in [0.5, 0.6) is 0 Å². The summed E-state index contributed by atoms with van der Waals surface area (Å²) in [7, 11) is 0. The van der Waals surface area contributed by atoms with Crippen LogP contribution >= 0.6 is 0 Å². The number of hydrogen-bond donors (Lipinski definition) is 2. The number of rotatable bonds is 4. The van der Waals surface area contributed by atoms with E-state index in [1.165, 1.54) is 0 Å². The fourth-order valence-corrected chi connectivity index (χ4v) is 1.80. The fourth-order valence-electron chi connectivity index (χ4n) is 1.80. The van der Waals surface area contributed by atoms with E-state index in [1.807, 2.05) is 31.2 Å². The lowest BCUT2D eigenvalue weighted by atomic mass is 10.2. The van der Waals surface area contributed by atoms with Gasteiger partial charge in [-0.05, 0) is 13.0 Å². The Kier molecular flexibility index (Phi) is 3.39. The Labute approximate surface area is 99.1 Å². The van der Waals surface area contributed by atoms with E-state index < -0.39 is 0 Å². The van der Waals surface area contributed by atoms with Gasteiger partial charge in [0.2, 0.25) is 0 Å². The monoisotopic (exact) mass is 233 g/mol. The summed E-state index contributed by atoms with van der Waals surface area (Å²) in [6.45, 7) is 2.72. The Morgan fingerprint density at radius 1 is 1.47 bits per heavy atom. The van der Waals surface area contributed by atoms with Gasteiger partial charge in [-0.15, -0.1) is 0 Å². The molecule has 0 spiro atoms. The van der Waals surface area contributed by atoms with Crippen LogP contribution < -0.4 is 0 Å². The highest BCUT2D eigenvalue weighted by Gasteiger charge is 2.18. The molecule has 0 unspecified atom stereocenters. The van der Waals surface area contributed by atoms with Gasteiger partial charge in [-0.2, -0.15) is 5.10 Å². The number of aromatic nitrogens is 2. The molecular formula is C12H15N3O2. The molecule has 1 aromatic heterocycles. The molecule has 2 aromatic rings. The van der Waals surface area contributed by atoms with Gasteiger partial charge < -0.3 is 10.0 Å². The molecule has 90 valence electrons. The molecule has 17 heavy (non-hydrogen) atoms. The number of nitrogens with zero attached hydrogens (tertiary/aromatic N) is 2. The predicted molar refractivity (Wildman–Crippen MR) is 64.8 cm³/mol. The molecule has 1 heterocycles. The van der Waals surface area contributed by atoms with E-state index in [2.05, 4.69) is 10.2 Å². The molecule has 5 nitrogen and oxygen atoms in total. The van der Waals surface area contributed by atoms with Crippen molar-refractivity contribution in [2.75, 3.05) is 19.7 Å². The van der Waals surface area contributed by atoms with Crippen molar-refractivity contribution in [3.05, 3.63) is 30.0 Å². The minimum Gasteiger partial charge on any atom is -0.395 e. The number of hydrogen-bond acceptors (Lipinski definition) is 3. The van der Waals surface area contributed by atoms with Crippen LogP contribution in [-0.2, 0) is 0 Å². The fraction of sp³-hybridized carbons (Fsp3) is 0.333. The number of fused-ring (bicyclic) bond motifs is 1. The second-order valence-corrected chi connectivity index (χ2v) is 3.73. The third kappa shape index (κ3) is 2.14. The number of likely N-dealkylation sites (N-methyl/N-ethyl adjacent to an activating group) is 1. The third-order valence-corrected chi connectivity index (χ3v) is 2.71. The van der Waals surface area contributed by atoms with Crippen LogP contribution in [0, 0.1) is 0 Å². The number of amides is 1. The molecule has 1 amide bonds. The van der Waals surface area contributed by atoms with E-state index in [-0.39, 0.29) is 12.5 Å². The van der Waals surface area contributed by atoms with Gasteiger partial charge in [-0.25, -0.2) is 0 Å². The van der Waals surface area contributed by atoms with E-state index in [0.29, 0.717) is 18.8 Å². The largest absolute Gasteiger partial charge is 0.395 e. The Morgan fingerprint density at radius 2 is 2.24 bits per heavy atom. The Hall–Kier alpha value is -1.88. The molecule has 0 fully saturated rings. The van der Waals surface area contributed by atoms with Crippen LogP contribution in [0.25, 0.3) is 10.9 Å². The average Bonchev–Trinajstić information content (AvgIpc) is 2.79. The third-order valence-electron chi connectivity index (χ3n) is 2.71. The van der Waals surface area contributed by atoms with Crippen LogP contribution in [0.3, 0.4) is 0 Å². The molecule has 5 heteroatoms. The van der Waals surface area contributed by atoms with Crippen molar-refractivity contribution in [2.45, 2.75) is 6.92 Å². The first-order valence-corrected chi connectivity index (χ1v) is 5.61. The summed E-state index contributed by atoms with van der Waals surface area (Å²) in [5.41, 5.74) is 1.26. The minimum atomic E-state index is -0.154. The van der Waals surface area contributed by atoms with Crippen LogP contribution in [0.4, 0.5) is 0 Å². The lowest BCUT2D eigenvalue weighted by molar-refractivity contribution is 0.0728. The highest BCUT2D eigenvalue weighted by Crippen LogP contribution is 2.16. The quantitative estimate of drug-likeness (QED) is 0.828. The number of aromatic amines is 1. The number of aliphatic hydroxyl groups is 1. The first-order chi connectivity index (χ1) is 8.27. The number of benzene rings is 1. The Bertz CT molecular complexity index is 521. The molecule has 0 saturated heterocycles. The number of para-hydroxylation sites is 1. The molecule has 2 rings (SSSR count). The van der Waals surface area contributed by atoms with Gasteiger partial charge in [0.1, 0.15) is 0 Å². The standard InChI is InChI=1S/C12H15N3O2/c1-2-15(7-8-16)12(17)11-9-5-3-4-6-10(9)13-14-11/h3-6,16H,2,7-8H2,1H3,(H,13,14). The first kappa shape index (κ1) is 11.6. The van der Waals surface area contributed by atoms with E-state index in [0.717, 1.165) is 10.9 Å². The average molecular weight is 233 g/mol. The minimum absolute atomic E-state index is 0.0397. The highest BCUT2D eigenvalue weighted by molar-refractivity contribution is 6.04. The van der Waals surface area contributed by atoms with Gasteiger partial charge in [0, 0.05) is 18.5 Å². The molecule has 0 aliphatic carbocycles. The summed E-state index contributed by atoms with van der Waals surface area (Å²) in [4.78, 5) is 13.7. The van der Waals surface area contributed by atoms with E-state index in [9.17, 15) is 4.79 Å². The maximum Gasteiger partial charge on any atom is 0.275 e. The normalized spacial score (nSPS) is 10.7. The summed E-state index contributed by atoms with van der Waals surface area (Å²) >= 11 is 0. The van der Waals surface area contributed by atoms with Crippen LogP contribution in [0.2, 0.25) is 0 Å². The van der Waals surface area contributed by atoms with Crippen LogP contribution in [-0.4, -0.2) is 45.8 Å². The zero-order chi connectivity index (χ0) is 12.3. The number of carbonyl (C=O) groups excluding carboxylic acids is 1. The summed E-state index contributed by atoms with van der Waals surface area (Å²) in [6.07, 6.45) is 0. The number of aliphatic hydroxyl groups excluding tert-OH is 1. The Balaban J connectivity index is 2.36. The van der Waals surface area contributed by atoms with E-state index in [4.69, 9.17) is 5.11 Å². The lowest BCUT2D eigenvalue weighted by Crippen LogP contribution is -2.33. The maximum atomic E-state index is 12.2. The lowest BCUT2D eigenvalue weighted by Gasteiger charge is -2.18. The van der Waals surface area contributed by atoms with E-state index >= 15 is 0 Å². The molecule has 1 aromatic carbocycles. The molecule has 0 aliphatic rings. The van der Waals surface area contributed by atoms with Gasteiger partial charge in [0.15, 0.2) is 5.69 Å². The number of carbonyl (C=O) groups is 1. The van der Waals surface area contributed by atoms with Crippen molar-refractivity contribution in [1.29, 1.82) is 0 Å². The smallest absolute Gasteiger partial charge is 0.275 e. The van der Waals surface area contributed by atoms with Crippen LogP contribution in [0.15, 0.2) is 24.3 Å². The molecule has 0 atom stereocenters. The van der Waals surface area contributed by atoms with Crippen molar-refractivity contribution >= 4 is 16.8 Å². The molecule has 0 saturated carbocycles. The number of H-pyrrole nitrogens is 1. The topological polar surface area (TPSA) is 69.2 Å². The molecule has 0 bridgehead atoms. The Morgan fingerprint density at radius 3 is 2.94 bits per heavy atom. The van der Waals surface area contributed by atoms with E-state index in [1.54, 1.807) is 4.90 Å². The molecular weight excluding hydrogens is 218 g/mol. The molecule has 2 N–H and O–H groups in total. The molecule has 0 aliphatic heterocycles. The van der Waals surface area contributed by atoms with Crippen molar-refractivity contribution in [3.8, 4) is 0 Å². The van der Waals surface area contributed by atoms with Gasteiger partial charge in [-0.3, -0.25) is 9.89 Å². The summed E-state index contributed by atoms with van der Waals surface area (Å²) in [6, 6.07) is 7.50. The van der Waals surface area contributed by atoms with Gasteiger partial charge >= 0.3 is 0 Å². The van der Waals surface area contributed by atoms with Crippen molar-refractivity contribution in [1.82, 2.24) is 15.1 Å². The highest BCUT2D eigenvalue weighted by atomic mass is 16.3. The van der Waals surface area contributed by atoms with Gasteiger partial charge in [0.25, 0.3) is 5.91 Å². The SMILES string of the molecule is CCN(CCO)C(=O)c1n[nH]c2ccccc12. The van der Waals surface area contributed by atoms with Crippen LogP contribution in [0.1, 0.15) is 17.4 Å². The maximum absolute atomic E-state index is 12.2. The predicted octanol–water partition coefficient (Wildman–Crippen LogP) is 1.02. The summed E-state index contributed by atoms with van der Waals surface area (Å²) in [5, 5.41) is 16.6. The zero-order valence-corrected chi connectivity index (χ0v) is 9.68. The zero-order valence-electron chi connectivity index (χ0n) is 9.68. The van der Waals surface area contributed by atoms with Gasteiger partial charge in [0.05, 0.1) is 12.1 Å². The second-order valence-electron chi connectivity index (χ2n) is 3.73. The van der Waals surface area contributed by atoms with Crippen molar-refractivity contribution in [2.24, 2.45) is 0 Å².